The van der Waals surface area contributed by atoms with Gasteiger partial charge in [0.15, 0.2) is 0 Å². The first-order chi connectivity index (χ1) is 15.2. The molecule has 0 saturated heterocycles. The molecule has 0 aromatic heterocycles. The van der Waals surface area contributed by atoms with Gasteiger partial charge < -0.3 is 10.2 Å². The molecule has 2 aromatic rings. The molecule has 0 aliphatic carbocycles. The first-order valence-corrected chi connectivity index (χ1v) is 13.3. The smallest absolute Gasteiger partial charge is 0.244 e. The van der Waals surface area contributed by atoms with Crippen molar-refractivity contribution in [2.45, 2.75) is 45.8 Å². The van der Waals surface area contributed by atoms with Crippen LogP contribution in [0.25, 0.3) is 0 Å². The van der Waals surface area contributed by atoms with E-state index >= 15 is 0 Å². The van der Waals surface area contributed by atoms with Gasteiger partial charge in [-0.2, -0.15) is 0 Å². The lowest BCUT2D eigenvalue weighted by Gasteiger charge is -2.33. The highest BCUT2D eigenvalue weighted by atomic mass is 79.9. The molecule has 0 bridgehead atoms. The number of hydrogen-bond acceptors (Lipinski definition) is 4. The minimum absolute atomic E-state index is 0.130. The molecule has 0 saturated carbocycles. The maximum atomic E-state index is 13.5. The zero-order chi connectivity index (χ0) is 25.0. The Hall–Kier alpha value is -2.10. The van der Waals surface area contributed by atoms with Crippen LogP contribution in [0.5, 0.6) is 0 Å². The Morgan fingerprint density at radius 3 is 2.18 bits per heavy atom. The van der Waals surface area contributed by atoms with Crippen LogP contribution in [0.1, 0.15) is 33.3 Å². The molecule has 0 aliphatic heterocycles. The third kappa shape index (κ3) is 8.01. The van der Waals surface area contributed by atoms with E-state index in [0.717, 1.165) is 20.6 Å². The van der Waals surface area contributed by atoms with E-state index in [-0.39, 0.29) is 23.2 Å². The summed E-state index contributed by atoms with van der Waals surface area (Å²) in [6, 6.07) is 12.9. The molecule has 33 heavy (non-hydrogen) atoms. The lowest BCUT2D eigenvalue weighted by Crippen LogP contribution is -2.54. The number of sulfonamides is 1. The Kier molecular flexibility index (Phi) is 8.95. The van der Waals surface area contributed by atoms with Gasteiger partial charge in [-0.3, -0.25) is 13.9 Å². The molecule has 2 amide bonds. The van der Waals surface area contributed by atoms with E-state index < -0.39 is 34.1 Å². The maximum absolute atomic E-state index is 13.5. The molecule has 0 aliphatic rings. The number of carbonyl (C=O) groups excluding carboxylic acids is 2. The number of amides is 2. The summed E-state index contributed by atoms with van der Waals surface area (Å²) in [5.74, 6) is -0.864. The van der Waals surface area contributed by atoms with Gasteiger partial charge in [-0.05, 0) is 57.5 Å². The van der Waals surface area contributed by atoms with E-state index in [1.807, 2.05) is 45.0 Å². The van der Waals surface area contributed by atoms with Gasteiger partial charge in [0.05, 0.1) is 17.0 Å². The van der Waals surface area contributed by atoms with Crippen LogP contribution in [0.4, 0.5) is 5.69 Å². The third-order valence-corrected chi connectivity index (χ3v) is 6.71. The molecule has 1 atom stereocenters. The number of para-hydroxylation sites is 1. The molecule has 0 spiro atoms. The fourth-order valence-corrected chi connectivity index (χ4v) is 4.51. The number of rotatable bonds is 8. The van der Waals surface area contributed by atoms with Crippen LogP contribution in [0.3, 0.4) is 0 Å². The lowest BCUT2D eigenvalue weighted by molar-refractivity contribution is -0.140. The van der Waals surface area contributed by atoms with Crippen molar-refractivity contribution in [2.75, 3.05) is 17.1 Å². The molecular formula is C23H29BrClN3O4S. The van der Waals surface area contributed by atoms with E-state index in [9.17, 15) is 18.0 Å². The van der Waals surface area contributed by atoms with Gasteiger partial charge in [0.25, 0.3) is 0 Å². The van der Waals surface area contributed by atoms with Gasteiger partial charge in [0.1, 0.15) is 12.6 Å². The minimum Gasteiger partial charge on any atom is -0.350 e. The van der Waals surface area contributed by atoms with Crippen molar-refractivity contribution in [2.24, 2.45) is 0 Å². The monoisotopic (exact) mass is 557 g/mol. The van der Waals surface area contributed by atoms with E-state index in [1.54, 1.807) is 25.1 Å². The van der Waals surface area contributed by atoms with Crippen molar-refractivity contribution in [3.05, 3.63) is 63.6 Å². The average Bonchev–Trinajstić information content (AvgIpc) is 2.69. The van der Waals surface area contributed by atoms with Crippen LogP contribution < -0.4 is 9.62 Å². The summed E-state index contributed by atoms with van der Waals surface area (Å²) < 4.78 is 26.9. The second-order valence-electron chi connectivity index (χ2n) is 8.78. The topological polar surface area (TPSA) is 86.8 Å². The molecule has 2 rings (SSSR count). The number of nitrogens with zero attached hydrogens (tertiary/aromatic N) is 2. The van der Waals surface area contributed by atoms with Crippen molar-refractivity contribution in [3.8, 4) is 0 Å². The lowest BCUT2D eigenvalue weighted by atomic mass is 10.1. The molecule has 0 heterocycles. The first-order valence-electron chi connectivity index (χ1n) is 10.3. The Labute approximate surface area is 209 Å². The summed E-state index contributed by atoms with van der Waals surface area (Å²) in [6.45, 7) is 6.80. The van der Waals surface area contributed by atoms with Gasteiger partial charge in [0.2, 0.25) is 21.8 Å². The van der Waals surface area contributed by atoms with E-state index in [0.29, 0.717) is 0 Å². The van der Waals surface area contributed by atoms with Crippen molar-refractivity contribution in [1.29, 1.82) is 0 Å². The van der Waals surface area contributed by atoms with Gasteiger partial charge >= 0.3 is 0 Å². The highest BCUT2D eigenvalue weighted by Crippen LogP contribution is 2.27. The van der Waals surface area contributed by atoms with Crippen molar-refractivity contribution in [3.63, 3.8) is 0 Å². The number of carbonyl (C=O) groups is 2. The predicted octanol–water partition coefficient (Wildman–Crippen LogP) is 4.20. The standard InChI is InChI=1S/C23H29BrClN3O4S/c1-16(22(30)26-23(2,3)4)27(14-17-10-12-18(24)13-11-17)21(29)15-28(33(5,31)32)20-9-7-6-8-19(20)25/h6-13,16H,14-15H2,1-5H3,(H,26,30)/t16-/m0/s1. The average molecular weight is 559 g/mol. The van der Waals surface area contributed by atoms with Crippen LogP contribution in [0.2, 0.25) is 5.02 Å². The molecule has 7 nitrogen and oxygen atoms in total. The molecule has 0 radical (unpaired) electrons. The van der Waals surface area contributed by atoms with Crippen LogP contribution in [-0.4, -0.2) is 49.5 Å². The van der Waals surface area contributed by atoms with Gasteiger partial charge in [-0.1, -0.05) is 51.8 Å². The van der Waals surface area contributed by atoms with E-state index in [1.165, 1.54) is 11.0 Å². The summed E-state index contributed by atoms with van der Waals surface area (Å²) >= 11 is 9.60. The van der Waals surface area contributed by atoms with Gasteiger partial charge in [-0.15, -0.1) is 0 Å². The fraction of sp³-hybridized carbons (Fsp3) is 0.391. The second-order valence-corrected chi connectivity index (χ2v) is 12.0. The zero-order valence-electron chi connectivity index (χ0n) is 19.3. The van der Waals surface area contributed by atoms with Gasteiger partial charge in [-0.25, -0.2) is 8.42 Å². The Morgan fingerprint density at radius 2 is 1.67 bits per heavy atom. The summed E-state index contributed by atoms with van der Waals surface area (Å²) in [4.78, 5) is 27.7. The summed E-state index contributed by atoms with van der Waals surface area (Å²) in [6.07, 6.45) is 1.01. The van der Waals surface area contributed by atoms with E-state index in [2.05, 4.69) is 21.2 Å². The summed E-state index contributed by atoms with van der Waals surface area (Å²) in [7, 11) is -3.83. The molecule has 0 unspecified atom stereocenters. The third-order valence-electron chi connectivity index (χ3n) is 4.73. The summed E-state index contributed by atoms with van der Waals surface area (Å²) in [5.41, 5.74) is 0.504. The Balaban J connectivity index is 2.41. The SMILES string of the molecule is C[C@@H](C(=O)NC(C)(C)C)N(Cc1ccc(Br)cc1)C(=O)CN(c1ccccc1Cl)S(C)(=O)=O. The largest absolute Gasteiger partial charge is 0.350 e. The molecule has 10 heteroatoms. The molecule has 1 N–H and O–H groups in total. The van der Waals surface area contributed by atoms with Crippen LogP contribution in [-0.2, 0) is 26.2 Å². The molecule has 180 valence electrons. The Bertz CT molecular complexity index is 1100. The number of halogens is 2. The molecular weight excluding hydrogens is 530 g/mol. The van der Waals surface area contributed by atoms with Crippen molar-refractivity contribution < 1.29 is 18.0 Å². The second kappa shape index (κ2) is 10.9. The summed E-state index contributed by atoms with van der Waals surface area (Å²) in [5, 5.41) is 3.08. The molecule has 0 fully saturated rings. The van der Waals surface area contributed by atoms with Crippen LogP contribution in [0.15, 0.2) is 53.0 Å². The van der Waals surface area contributed by atoms with E-state index in [4.69, 9.17) is 11.6 Å². The predicted molar refractivity (Wildman–Crippen MR) is 136 cm³/mol. The normalized spacial score (nSPS) is 12.7. The number of hydrogen-bond donors (Lipinski definition) is 1. The number of anilines is 1. The number of nitrogens with one attached hydrogen (secondary N) is 1. The van der Waals surface area contributed by atoms with Crippen molar-refractivity contribution >= 4 is 55.1 Å². The van der Waals surface area contributed by atoms with Crippen LogP contribution in [0, 0.1) is 0 Å². The van der Waals surface area contributed by atoms with Gasteiger partial charge in [0, 0.05) is 16.6 Å². The maximum Gasteiger partial charge on any atom is 0.244 e. The van der Waals surface area contributed by atoms with Crippen LogP contribution >= 0.6 is 27.5 Å². The Morgan fingerprint density at radius 1 is 1.09 bits per heavy atom. The highest BCUT2D eigenvalue weighted by Gasteiger charge is 2.31. The van der Waals surface area contributed by atoms with Crippen molar-refractivity contribution in [1.82, 2.24) is 10.2 Å². The highest BCUT2D eigenvalue weighted by molar-refractivity contribution is 9.10. The quantitative estimate of drug-likeness (QED) is 0.526. The fourth-order valence-electron chi connectivity index (χ4n) is 3.09. The zero-order valence-corrected chi connectivity index (χ0v) is 22.5. The molecule has 2 aromatic carbocycles. The first kappa shape index (κ1) is 27.1. The minimum atomic E-state index is -3.83. The number of benzene rings is 2.